The van der Waals surface area contributed by atoms with Gasteiger partial charge in [0.05, 0.1) is 18.3 Å². The van der Waals surface area contributed by atoms with Crippen LogP contribution in [0.1, 0.15) is 46.9 Å². The number of nitrogens with one attached hydrogen (secondary N) is 1. The van der Waals surface area contributed by atoms with E-state index >= 15 is 0 Å². The molecule has 0 atom stereocenters. The topological polar surface area (TPSA) is 103 Å². The molecule has 4 rings (SSSR count). The number of fused-ring (bicyclic) bond motifs is 1. The van der Waals surface area contributed by atoms with Gasteiger partial charge in [0.15, 0.2) is 17.4 Å². The van der Waals surface area contributed by atoms with Gasteiger partial charge in [0.2, 0.25) is 5.91 Å². The molecule has 0 radical (unpaired) electrons. The summed E-state index contributed by atoms with van der Waals surface area (Å²) in [6.45, 7) is 1.89. The van der Waals surface area contributed by atoms with Gasteiger partial charge >= 0.3 is 5.97 Å². The molecule has 2 aromatic heterocycles. The van der Waals surface area contributed by atoms with E-state index < -0.39 is 5.97 Å². The number of hydrogen-bond donors (Lipinski definition) is 1. The van der Waals surface area contributed by atoms with Crippen molar-refractivity contribution < 1.29 is 19.1 Å². The van der Waals surface area contributed by atoms with Crippen molar-refractivity contribution >= 4 is 34.4 Å². The Hall–Kier alpha value is -4.33. The van der Waals surface area contributed by atoms with Gasteiger partial charge in [0, 0.05) is 23.8 Å². The molecule has 2 aromatic carbocycles. The van der Waals surface area contributed by atoms with E-state index in [0.717, 1.165) is 10.9 Å². The first-order valence-corrected chi connectivity index (χ1v) is 11.1. The van der Waals surface area contributed by atoms with Gasteiger partial charge in [-0.05, 0) is 31.5 Å². The Bertz CT molecular complexity index is 1330. The third-order valence-electron chi connectivity index (χ3n) is 5.23. The lowest BCUT2D eigenvalue weighted by Crippen LogP contribution is -2.18. The molecule has 0 aliphatic heterocycles. The summed E-state index contributed by atoms with van der Waals surface area (Å²) in [7, 11) is 0. The van der Waals surface area contributed by atoms with Crippen LogP contribution in [0.2, 0.25) is 0 Å². The summed E-state index contributed by atoms with van der Waals surface area (Å²) < 4.78 is 6.53. The minimum absolute atomic E-state index is 0.0222. The zero-order chi connectivity index (χ0) is 23.9. The summed E-state index contributed by atoms with van der Waals surface area (Å²) in [5, 5.41) is 8.01. The maximum absolute atomic E-state index is 12.7. The smallest absolute Gasteiger partial charge is 0.343 e. The SMILES string of the molecule is CCOC(=O)c1cnn(-c2ccc3ccccc3n2)c1NC(=O)CCCC(=O)c1ccccc1. The number of carbonyl (C=O) groups is 3. The molecular weight excluding hydrogens is 432 g/mol. The number of aromatic nitrogens is 3. The molecule has 172 valence electrons. The molecule has 0 aliphatic carbocycles. The van der Waals surface area contributed by atoms with Crippen molar-refractivity contribution in [3.05, 3.63) is 84.1 Å². The Morgan fingerprint density at radius 2 is 1.71 bits per heavy atom. The number of hydrogen-bond acceptors (Lipinski definition) is 6. The lowest BCUT2D eigenvalue weighted by molar-refractivity contribution is -0.116. The molecule has 2 heterocycles. The van der Waals surface area contributed by atoms with Crippen LogP contribution < -0.4 is 5.32 Å². The van der Waals surface area contributed by atoms with E-state index in [-0.39, 0.29) is 42.5 Å². The van der Waals surface area contributed by atoms with Gasteiger partial charge < -0.3 is 10.1 Å². The molecule has 8 nitrogen and oxygen atoms in total. The highest BCUT2D eigenvalue weighted by molar-refractivity contribution is 6.01. The van der Waals surface area contributed by atoms with Gasteiger partial charge in [-0.15, -0.1) is 0 Å². The van der Waals surface area contributed by atoms with Gasteiger partial charge in [0.1, 0.15) is 5.56 Å². The second-order valence-corrected chi connectivity index (χ2v) is 7.59. The molecule has 4 aromatic rings. The number of pyridine rings is 1. The Kier molecular flexibility index (Phi) is 7.07. The zero-order valence-electron chi connectivity index (χ0n) is 18.7. The summed E-state index contributed by atoms with van der Waals surface area (Å²) in [6.07, 6.45) is 2.07. The van der Waals surface area contributed by atoms with E-state index in [2.05, 4.69) is 15.4 Å². The predicted molar refractivity (Wildman–Crippen MR) is 128 cm³/mol. The largest absolute Gasteiger partial charge is 0.462 e. The summed E-state index contributed by atoms with van der Waals surface area (Å²) >= 11 is 0. The number of anilines is 1. The van der Waals surface area contributed by atoms with E-state index in [4.69, 9.17) is 4.74 Å². The molecule has 1 N–H and O–H groups in total. The Morgan fingerprint density at radius 3 is 2.50 bits per heavy atom. The normalized spacial score (nSPS) is 10.7. The Morgan fingerprint density at radius 1 is 0.941 bits per heavy atom. The van der Waals surface area contributed by atoms with Crippen LogP contribution in [0.3, 0.4) is 0 Å². The highest BCUT2D eigenvalue weighted by Gasteiger charge is 2.22. The number of para-hydroxylation sites is 1. The zero-order valence-corrected chi connectivity index (χ0v) is 18.7. The highest BCUT2D eigenvalue weighted by atomic mass is 16.5. The second kappa shape index (κ2) is 10.5. The molecule has 0 unspecified atom stereocenters. The average Bonchev–Trinajstić information content (AvgIpc) is 3.27. The number of rotatable bonds is 9. The number of esters is 1. The van der Waals surface area contributed by atoms with Crippen molar-refractivity contribution in [2.75, 3.05) is 11.9 Å². The van der Waals surface area contributed by atoms with Gasteiger partial charge in [-0.2, -0.15) is 9.78 Å². The van der Waals surface area contributed by atoms with Crippen LogP contribution >= 0.6 is 0 Å². The number of benzene rings is 2. The summed E-state index contributed by atoms with van der Waals surface area (Å²) in [5.74, 6) is -0.325. The molecule has 0 spiro atoms. The summed E-state index contributed by atoms with van der Waals surface area (Å²) in [5.41, 5.74) is 1.50. The highest BCUT2D eigenvalue weighted by Crippen LogP contribution is 2.23. The third kappa shape index (κ3) is 5.17. The number of amides is 1. The van der Waals surface area contributed by atoms with Crippen LogP contribution in [0.15, 0.2) is 72.9 Å². The molecule has 1 amide bonds. The lowest BCUT2D eigenvalue weighted by atomic mass is 10.1. The predicted octanol–water partition coefficient (Wildman–Crippen LogP) is 4.59. The molecule has 0 fully saturated rings. The average molecular weight is 457 g/mol. The lowest BCUT2D eigenvalue weighted by Gasteiger charge is -2.11. The number of carbonyl (C=O) groups excluding carboxylic acids is 3. The van der Waals surface area contributed by atoms with Crippen molar-refractivity contribution in [1.82, 2.24) is 14.8 Å². The monoisotopic (exact) mass is 456 g/mol. The van der Waals surface area contributed by atoms with Crippen LogP contribution in [0.25, 0.3) is 16.7 Å². The Labute approximate surface area is 196 Å². The third-order valence-corrected chi connectivity index (χ3v) is 5.23. The fourth-order valence-electron chi connectivity index (χ4n) is 3.55. The standard InChI is InChI=1S/C26H24N4O4/c1-2-34-26(33)20-17-27-30(23-16-15-18-9-6-7-12-21(18)28-23)25(20)29-24(32)14-8-13-22(31)19-10-4-3-5-11-19/h3-7,9-12,15-17H,2,8,13-14H2,1H3,(H,29,32). The van der Waals surface area contributed by atoms with E-state index in [9.17, 15) is 14.4 Å². The molecule has 8 heteroatoms. The molecule has 0 saturated carbocycles. The van der Waals surface area contributed by atoms with E-state index in [1.807, 2.05) is 36.4 Å². The maximum atomic E-state index is 12.7. The summed E-state index contributed by atoms with van der Waals surface area (Å²) in [6, 6.07) is 20.2. The summed E-state index contributed by atoms with van der Waals surface area (Å²) in [4.78, 5) is 42.1. The number of ketones is 1. The molecule has 0 bridgehead atoms. The molecule has 34 heavy (non-hydrogen) atoms. The maximum Gasteiger partial charge on any atom is 0.343 e. The minimum atomic E-state index is -0.593. The fraction of sp³-hybridized carbons (Fsp3) is 0.192. The van der Waals surface area contributed by atoms with Crippen LogP contribution in [0.4, 0.5) is 5.82 Å². The van der Waals surface area contributed by atoms with Gasteiger partial charge in [-0.25, -0.2) is 9.78 Å². The van der Waals surface area contributed by atoms with Crippen molar-refractivity contribution in [2.24, 2.45) is 0 Å². The number of Topliss-reactive ketones (excluding diaryl/α,β-unsaturated/α-hetero) is 1. The van der Waals surface area contributed by atoms with Crippen LogP contribution in [-0.2, 0) is 9.53 Å². The van der Waals surface area contributed by atoms with Crippen molar-refractivity contribution in [1.29, 1.82) is 0 Å². The van der Waals surface area contributed by atoms with Gasteiger partial charge in [-0.1, -0.05) is 48.5 Å². The van der Waals surface area contributed by atoms with E-state index in [0.29, 0.717) is 17.8 Å². The van der Waals surface area contributed by atoms with E-state index in [1.165, 1.54) is 10.9 Å². The molecule has 0 saturated heterocycles. The van der Waals surface area contributed by atoms with Gasteiger partial charge in [-0.3, -0.25) is 9.59 Å². The molecule has 0 aliphatic rings. The number of nitrogens with zero attached hydrogens (tertiary/aromatic N) is 3. The van der Waals surface area contributed by atoms with Crippen LogP contribution in [-0.4, -0.2) is 39.0 Å². The van der Waals surface area contributed by atoms with Crippen molar-refractivity contribution in [3.8, 4) is 5.82 Å². The number of ether oxygens (including phenoxy) is 1. The van der Waals surface area contributed by atoms with Crippen LogP contribution in [0.5, 0.6) is 0 Å². The fourth-order valence-corrected chi connectivity index (χ4v) is 3.55. The Balaban J connectivity index is 1.52. The quantitative estimate of drug-likeness (QED) is 0.292. The van der Waals surface area contributed by atoms with Crippen molar-refractivity contribution in [3.63, 3.8) is 0 Å². The molecular formula is C26H24N4O4. The first-order chi connectivity index (χ1) is 16.6. The van der Waals surface area contributed by atoms with Crippen LogP contribution in [0, 0.1) is 0 Å². The van der Waals surface area contributed by atoms with E-state index in [1.54, 1.807) is 37.3 Å². The van der Waals surface area contributed by atoms with Crippen molar-refractivity contribution in [2.45, 2.75) is 26.2 Å². The first kappa shape index (κ1) is 22.8. The minimum Gasteiger partial charge on any atom is -0.462 e. The second-order valence-electron chi connectivity index (χ2n) is 7.59. The van der Waals surface area contributed by atoms with Gasteiger partial charge in [0.25, 0.3) is 0 Å². The first-order valence-electron chi connectivity index (χ1n) is 11.1.